The normalized spacial score (nSPS) is 6.40. The minimum absolute atomic E-state index is 0.0694. The summed E-state index contributed by atoms with van der Waals surface area (Å²) in [5.41, 5.74) is 0. The number of rotatable bonds is 1. The molecule has 0 aromatic carbocycles. The van der Waals surface area contributed by atoms with Crippen LogP contribution in [0.2, 0.25) is 0 Å². The molecule has 0 atom stereocenters. The van der Waals surface area contributed by atoms with E-state index in [1.165, 1.54) is 7.11 Å². The van der Waals surface area contributed by atoms with E-state index in [4.69, 9.17) is 5.39 Å². The lowest BCUT2D eigenvalue weighted by Gasteiger charge is -1.62. The van der Waals surface area contributed by atoms with Crippen LogP contribution in [0.4, 0.5) is 0 Å². The SMILES string of the molecule is COC[N+]#N. The Morgan fingerprint density at radius 1 is 2.00 bits per heavy atom. The molecule has 0 saturated carbocycles. The van der Waals surface area contributed by atoms with Gasteiger partial charge in [0.1, 0.15) is 4.98 Å². The molecule has 0 amide bonds. The van der Waals surface area contributed by atoms with Gasteiger partial charge in [0, 0.05) is 7.11 Å². The van der Waals surface area contributed by atoms with Gasteiger partial charge < -0.3 is 4.74 Å². The molecule has 0 fully saturated rings. The maximum atomic E-state index is 7.57. The smallest absolute Gasteiger partial charge is 0.310 e. The number of methoxy groups -OCH3 is 1. The number of nitrogens with zero attached hydrogens (tertiary/aromatic N) is 2. The Morgan fingerprint density at radius 3 is 2.60 bits per heavy atom. The summed E-state index contributed by atoms with van der Waals surface area (Å²) in [6.45, 7) is 0.0694. The predicted octanol–water partition coefficient (Wildman–Crippen LogP) is 0.443. The van der Waals surface area contributed by atoms with Crippen LogP contribution >= 0.6 is 0 Å². The molecule has 0 aromatic heterocycles. The summed E-state index contributed by atoms with van der Waals surface area (Å²) in [6.07, 6.45) is 0. The third-order valence-electron chi connectivity index (χ3n) is 0.187. The Balaban J connectivity index is 2.48. The van der Waals surface area contributed by atoms with Gasteiger partial charge in [-0.15, -0.1) is 0 Å². The Kier molecular flexibility index (Phi) is 2.96. The van der Waals surface area contributed by atoms with Crippen LogP contribution in [-0.4, -0.2) is 13.8 Å². The van der Waals surface area contributed by atoms with Crippen molar-refractivity contribution >= 4 is 0 Å². The molecule has 0 aliphatic carbocycles. The summed E-state index contributed by atoms with van der Waals surface area (Å²) in [5, 5.41) is 7.57. The van der Waals surface area contributed by atoms with Crippen molar-refractivity contribution in [2.45, 2.75) is 0 Å². The lowest BCUT2D eigenvalue weighted by molar-refractivity contribution is 0.230. The van der Waals surface area contributed by atoms with Crippen molar-refractivity contribution in [3.63, 3.8) is 0 Å². The molecule has 3 nitrogen and oxygen atoms in total. The fourth-order valence-electron chi connectivity index (χ4n) is 0.0577. The highest BCUT2D eigenvalue weighted by Gasteiger charge is 1.78. The first-order valence-corrected chi connectivity index (χ1v) is 1.21. The molecule has 28 valence electrons. The van der Waals surface area contributed by atoms with Gasteiger partial charge in [-0.25, -0.2) is 0 Å². The van der Waals surface area contributed by atoms with Crippen molar-refractivity contribution < 1.29 is 4.74 Å². The minimum Gasteiger partial charge on any atom is -0.310 e. The first-order chi connectivity index (χ1) is 2.41. The number of ether oxygens (including phenoxy) is 1. The maximum absolute atomic E-state index is 7.57. The summed E-state index contributed by atoms with van der Waals surface area (Å²) >= 11 is 0. The molecule has 0 N–H and O–H groups in total. The molecule has 0 rings (SSSR count). The Hall–Kier alpha value is -0.620. The van der Waals surface area contributed by atoms with E-state index in [9.17, 15) is 0 Å². The largest absolute Gasteiger partial charge is 0.410 e. The van der Waals surface area contributed by atoms with E-state index in [0.717, 1.165) is 0 Å². The molecular weight excluding hydrogens is 68.0 g/mol. The second-order valence-electron chi connectivity index (χ2n) is 0.559. The quantitative estimate of drug-likeness (QED) is 0.422. The summed E-state index contributed by atoms with van der Waals surface area (Å²) in [4.78, 5) is 2.63. The third-order valence-corrected chi connectivity index (χ3v) is 0.187. The second-order valence-corrected chi connectivity index (χ2v) is 0.559. The van der Waals surface area contributed by atoms with E-state index in [0.29, 0.717) is 0 Å². The van der Waals surface area contributed by atoms with Gasteiger partial charge in [-0.3, -0.25) is 0 Å². The van der Waals surface area contributed by atoms with Crippen LogP contribution in [0.5, 0.6) is 0 Å². The van der Waals surface area contributed by atoms with Gasteiger partial charge in [0.2, 0.25) is 5.39 Å². The number of diazo groups is 1. The summed E-state index contributed by atoms with van der Waals surface area (Å²) in [6, 6.07) is 0. The van der Waals surface area contributed by atoms with Crippen molar-refractivity contribution in [3.05, 3.63) is 4.98 Å². The van der Waals surface area contributed by atoms with Crippen molar-refractivity contribution in [2.24, 2.45) is 0 Å². The van der Waals surface area contributed by atoms with E-state index in [1.54, 1.807) is 0 Å². The molecule has 0 saturated heterocycles. The average molecular weight is 73.1 g/mol. The lowest BCUT2D eigenvalue weighted by atomic mass is 11.3. The molecule has 0 unspecified atom stereocenters. The monoisotopic (exact) mass is 73.0 g/mol. The van der Waals surface area contributed by atoms with Gasteiger partial charge in [0.15, 0.2) is 0 Å². The van der Waals surface area contributed by atoms with Gasteiger partial charge in [0.25, 0.3) is 0 Å². The minimum atomic E-state index is 0.0694. The average Bonchev–Trinajstić information content (AvgIpc) is 1.41. The molecular formula is C2H5N2O+. The van der Waals surface area contributed by atoms with E-state index < -0.39 is 0 Å². The van der Waals surface area contributed by atoms with Crippen LogP contribution < -0.4 is 0 Å². The van der Waals surface area contributed by atoms with Crippen LogP contribution in [-0.2, 0) is 4.74 Å². The zero-order chi connectivity index (χ0) is 4.12. The van der Waals surface area contributed by atoms with Crippen LogP contribution in [0.3, 0.4) is 0 Å². The zero-order valence-electron chi connectivity index (χ0n) is 3.01. The van der Waals surface area contributed by atoms with E-state index in [2.05, 4.69) is 9.71 Å². The summed E-state index contributed by atoms with van der Waals surface area (Å²) < 4.78 is 4.27. The van der Waals surface area contributed by atoms with Crippen molar-refractivity contribution in [1.82, 2.24) is 0 Å². The van der Waals surface area contributed by atoms with Gasteiger partial charge in [-0.05, 0) is 0 Å². The Morgan fingerprint density at radius 2 is 2.60 bits per heavy atom. The van der Waals surface area contributed by atoms with Gasteiger partial charge in [-0.2, -0.15) is 0 Å². The van der Waals surface area contributed by atoms with Crippen LogP contribution in [0.15, 0.2) is 0 Å². The predicted molar refractivity (Wildman–Crippen MR) is 17.0 cm³/mol. The fourth-order valence-corrected chi connectivity index (χ4v) is 0.0577. The van der Waals surface area contributed by atoms with Crippen LogP contribution in [0.25, 0.3) is 4.98 Å². The van der Waals surface area contributed by atoms with Crippen LogP contribution in [0.1, 0.15) is 0 Å². The fraction of sp³-hybridized carbons (Fsp3) is 1.00. The highest BCUT2D eigenvalue weighted by Crippen LogP contribution is 1.60. The van der Waals surface area contributed by atoms with Crippen molar-refractivity contribution in [3.8, 4) is 0 Å². The summed E-state index contributed by atoms with van der Waals surface area (Å²) in [7, 11) is 1.46. The molecule has 0 bridgehead atoms. The number of hydrogen-bond acceptors (Lipinski definition) is 2. The molecule has 0 aliphatic heterocycles. The molecule has 3 heteroatoms. The van der Waals surface area contributed by atoms with E-state index in [1.807, 2.05) is 0 Å². The Bertz CT molecular complexity index is 46.1. The first kappa shape index (κ1) is 4.38. The van der Waals surface area contributed by atoms with Crippen molar-refractivity contribution in [2.75, 3.05) is 13.8 Å². The zero-order valence-corrected chi connectivity index (χ0v) is 3.01. The van der Waals surface area contributed by atoms with Crippen molar-refractivity contribution in [1.29, 1.82) is 5.39 Å². The first-order valence-electron chi connectivity index (χ1n) is 1.21. The van der Waals surface area contributed by atoms with Gasteiger partial charge >= 0.3 is 6.73 Å². The van der Waals surface area contributed by atoms with E-state index in [-0.39, 0.29) is 6.73 Å². The van der Waals surface area contributed by atoms with Gasteiger partial charge in [-0.1, -0.05) is 0 Å². The van der Waals surface area contributed by atoms with Gasteiger partial charge in [0.05, 0.1) is 0 Å². The second kappa shape index (κ2) is 3.38. The standard InChI is InChI=1S/C2H5N2O/c1-5-2-4-3/h2H2,1H3/q+1. The molecule has 5 heavy (non-hydrogen) atoms. The lowest BCUT2D eigenvalue weighted by Crippen LogP contribution is -1.73. The molecule has 0 radical (unpaired) electrons. The molecule has 0 aromatic rings. The van der Waals surface area contributed by atoms with E-state index >= 15 is 0 Å². The summed E-state index contributed by atoms with van der Waals surface area (Å²) in [5.74, 6) is 0. The third kappa shape index (κ3) is 3.38. The highest BCUT2D eigenvalue weighted by atomic mass is 16.5. The van der Waals surface area contributed by atoms with Crippen LogP contribution in [0, 0.1) is 5.39 Å². The molecule has 0 spiro atoms. The number of hydrogen-bond donors (Lipinski definition) is 0. The molecule has 0 heterocycles. The maximum Gasteiger partial charge on any atom is 0.410 e. The molecule has 0 aliphatic rings. The highest BCUT2D eigenvalue weighted by molar-refractivity contribution is 4.33. The Labute approximate surface area is 30.2 Å². The topological polar surface area (TPSA) is 37.4 Å².